The third-order valence-corrected chi connectivity index (χ3v) is 11.3. The summed E-state index contributed by atoms with van der Waals surface area (Å²) >= 11 is 12.6. The molecule has 0 bridgehead atoms. The van der Waals surface area contributed by atoms with E-state index < -0.39 is 28.5 Å². The van der Waals surface area contributed by atoms with E-state index in [1.54, 1.807) is 54.6 Å². The maximum absolute atomic E-state index is 14.8. The highest BCUT2D eigenvalue weighted by molar-refractivity contribution is 7.92. The van der Waals surface area contributed by atoms with E-state index in [1.807, 2.05) is 37.3 Å². The van der Waals surface area contributed by atoms with Crippen molar-refractivity contribution < 1.29 is 22.7 Å². The Morgan fingerprint density at radius 1 is 0.857 bits per heavy atom. The second-order valence-electron chi connectivity index (χ2n) is 12.3. The first-order valence-corrected chi connectivity index (χ1v) is 18.6. The highest BCUT2D eigenvalue weighted by Gasteiger charge is 2.36. The first-order valence-electron chi connectivity index (χ1n) is 16.4. The largest absolute Gasteiger partial charge is 0.495 e. The molecule has 2 amide bonds. The Balaban J connectivity index is 1.59. The first kappa shape index (κ1) is 36.2. The fourth-order valence-corrected chi connectivity index (χ4v) is 7.86. The Morgan fingerprint density at radius 3 is 2.20 bits per heavy atom. The van der Waals surface area contributed by atoms with Crippen LogP contribution >= 0.6 is 23.2 Å². The van der Waals surface area contributed by atoms with E-state index in [4.69, 9.17) is 27.9 Å². The smallest absolute Gasteiger partial charge is 0.264 e. The van der Waals surface area contributed by atoms with Crippen LogP contribution in [0.4, 0.5) is 5.69 Å². The summed E-state index contributed by atoms with van der Waals surface area (Å²) in [4.78, 5) is 30.5. The number of nitrogens with one attached hydrogen (secondary N) is 1. The molecule has 0 heterocycles. The van der Waals surface area contributed by atoms with Crippen LogP contribution < -0.4 is 14.4 Å². The van der Waals surface area contributed by atoms with E-state index in [2.05, 4.69) is 5.32 Å². The first-order chi connectivity index (χ1) is 23.6. The van der Waals surface area contributed by atoms with Gasteiger partial charge in [0.2, 0.25) is 11.8 Å². The lowest BCUT2D eigenvalue weighted by molar-refractivity contribution is -0.140. The highest BCUT2D eigenvalue weighted by atomic mass is 35.5. The lowest BCUT2D eigenvalue weighted by Gasteiger charge is -2.35. The molecule has 5 rings (SSSR count). The summed E-state index contributed by atoms with van der Waals surface area (Å²) in [6.45, 7) is 1.25. The van der Waals surface area contributed by atoms with E-state index in [1.165, 1.54) is 24.1 Å². The number of hydrogen-bond acceptors (Lipinski definition) is 5. The Kier molecular flexibility index (Phi) is 12.3. The van der Waals surface area contributed by atoms with Crippen molar-refractivity contribution in [3.8, 4) is 5.75 Å². The predicted molar refractivity (Wildman–Crippen MR) is 195 cm³/mol. The van der Waals surface area contributed by atoms with E-state index in [-0.39, 0.29) is 41.2 Å². The second kappa shape index (κ2) is 16.6. The van der Waals surface area contributed by atoms with Crippen LogP contribution in [0.15, 0.2) is 102 Å². The molecule has 1 aliphatic rings. The number of amides is 2. The maximum Gasteiger partial charge on any atom is 0.264 e. The number of methoxy groups -OCH3 is 1. The molecule has 0 spiro atoms. The van der Waals surface area contributed by atoms with Gasteiger partial charge in [0.05, 0.1) is 27.7 Å². The second-order valence-corrected chi connectivity index (χ2v) is 15.0. The number of hydrogen-bond donors (Lipinski definition) is 1. The van der Waals surface area contributed by atoms with Crippen molar-refractivity contribution >= 4 is 50.7 Å². The Labute approximate surface area is 299 Å². The van der Waals surface area contributed by atoms with Gasteiger partial charge in [-0.05, 0) is 67.3 Å². The van der Waals surface area contributed by atoms with Crippen LogP contribution in [0.3, 0.4) is 0 Å². The van der Waals surface area contributed by atoms with Crippen molar-refractivity contribution in [3.63, 3.8) is 0 Å². The molecule has 0 saturated heterocycles. The molecular weight excluding hydrogens is 681 g/mol. The minimum absolute atomic E-state index is 0.00607. The monoisotopic (exact) mass is 721 g/mol. The molecular formula is C38H41Cl2N3O5S. The minimum atomic E-state index is -4.28. The normalized spacial score (nSPS) is 14.1. The van der Waals surface area contributed by atoms with E-state index in [0.29, 0.717) is 15.6 Å². The predicted octanol–water partition coefficient (Wildman–Crippen LogP) is 7.59. The van der Waals surface area contributed by atoms with Gasteiger partial charge in [-0.25, -0.2) is 8.42 Å². The van der Waals surface area contributed by atoms with Crippen LogP contribution in [0.5, 0.6) is 5.75 Å². The average molecular weight is 723 g/mol. The van der Waals surface area contributed by atoms with Gasteiger partial charge in [-0.1, -0.05) is 109 Å². The molecule has 4 aromatic carbocycles. The van der Waals surface area contributed by atoms with E-state index >= 15 is 0 Å². The molecule has 49 heavy (non-hydrogen) atoms. The van der Waals surface area contributed by atoms with Gasteiger partial charge in [-0.15, -0.1) is 0 Å². The maximum atomic E-state index is 14.8. The summed E-state index contributed by atoms with van der Waals surface area (Å²) in [5, 5.41) is 3.87. The zero-order valence-corrected chi connectivity index (χ0v) is 30.0. The van der Waals surface area contributed by atoms with Gasteiger partial charge in [0.1, 0.15) is 18.3 Å². The fraction of sp³-hybridized carbons (Fsp3) is 0.316. The number of carbonyl (C=O) groups is 2. The van der Waals surface area contributed by atoms with E-state index in [0.717, 1.165) is 47.5 Å². The topological polar surface area (TPSA) is 96.0 Å². The number of benzene rings is 4. The quantitative estimate of drug-likeness (QED) is 0.154. The summed E-state index contributed by atoms with van der Waals surface area (Å²) in [5.41, 5.74) is 2.57. The number of aryl methyl sites for hydroxylation is 1. The van der Waals surface area contributed by atoms with Crippen LogP contribution in [-0.2, 0) is 32.6 Å². The molecule has 0 aliphatic heterocycles. The molecule has 0 radical (unpaired) electrons. The Hall–Kier alpha value is -4.05. The molecule has 0 aromatic heterocycles. The zero-order valence-electron chi connectivity index (χ0n) is 27.6. The van der Waals surface area contributed by atoms with Crippen molar-refractivity contribution in [2.45, 2.75) is 69.0 Å². The molecule has 1 unspecified atom stereocenters. The van der Waals surface area contributed by atoms with Crippen LogP contribution in [0.2, 0.25) is 10.0 Å². The number of ether oxygens (including phenoxy) is 1. The fourth-order valence-electron chi connectivity index (χ4n) is 6.12. The summed E-state index contributed by atoms with van der Waals surface area (Å²) in [6, 6.07) is 26.6. The number of halogens is 2. The van der Waals surface area contributed by atoms with Crippen molar-refractivity contribution in [1.29, 1.82) is 0 Å². The lowest BCUT2D eigenvalue weighted by Crippen LogP contribution is -2.55. The summed E-state index contributed by atoms with van der Waals surface area (Å²) < 4.78 is 35.3. The van der Waals surface area contributed by atoms with Crippen molar-refractivity contribution in [2.75, 3.05) is 18.0 Å². The molecule has 8 nitrogen and oxygen atoms in total. The molecule has 1 fully saturated rings. The number of para-hydroxylation sites is 2. The third kappa shape index (κ3) is 9.15. The average Bonchev–Trinajstić information content (AvgIpc) is 3.11. The minimum Gasteiger partial charge on any atom is -0.495 e. The van der Waals surface area contributed by atoms with Crippen molar-refractivity contribution in [2.24, 2.45) is 0 Å². The summed E-state index contributed by atoms with van der Waals surface area (Å²) in [6.07, 6.45) is 5.10. The van der Waals surface area contributed by atoms with Gasteiger partial charge in [0.25, 0.3) is 10.0 Å². The summed E-state index contributed by atoms with van der Waals surface area (Å²) in [7, 11) is -2.83. The molecule has 1 atom stereocenters. The van der Waals surface area contributed by atoms with Crippen molar-refractivity contribution in [1.82, 2.24) is 10.2 Å². The SMILES string of the molecule is COc1ccccc1N(CC(=O)N(Cc1ccc(Cl)c(Cl)c1)C(Cc1ccccc1)C(=O)NC1CCCCC1)S(=O)(=O)c1ccc(C)cc1. The summed E-state index contributed by atoms with van der Waals surface area (Å²) in [5.74, 6) is -0.598. The number of carbonyl (C=O) groups excluding carboxylic acids is 2. The highest BCUT2D eigenvalue weighted by Crippen LogP contribution is 2.33. The van der Waals surface area contributed by atoms with Crippen LogP contribution in [0.25, 0.3) is 0 Å². The number of sulfonamides is 1. The van der Waals surface area contributed by atoms with Gasteiger partial charge < -0.3 is 15.0 Å². The van der Waals surface area contributed by atoms with Gasteiger partial charge in [-0.3, -0.25) is 13.9 Å². The van der Waals surface area contributed by atoms with Gasteiger partial charge in [-0.2, -0.15) is 0 Å². The Morgan fingerprint density at radius 2 is 1.53 bits per heavy atom. The van der Waals surface area contributed by atoms with Gasteiger partial charge in [0, 0.05) is 19.0 Å². The third-order valence-electron chi connectivity index (χ3n) is 8.80. The standard InChI is InChI=1S/C38H41Cl2N3O5S/c1-27-17-20-31(21-18-27)49(46,47)43(34-15-9-10-16-36(34)48-2)26-37(44)42(25-29-19-22-32(39)33(40)23-29)35(24-28-11-5-3-6-12-28)38(45)41-30-13-7-4-8-14-30/h3,5-6,9-12,15-23,30,35H,4,7-8,13-14,24-26H2,1-2H3,(H,41,45). The molecule has 1 N–H and O–H groups in total. The van der Waals surface area contributed by atoms with Crippen molar-refractivity contribution in [3.05, 3.63) is 124 Å². The van der Waals surface area contributed by atoms with Gasteiger partial charge in [0.15, 0.2) is 0 Å². The molecule has 258 valence electrons. The van der Waals surface area contributed by atoms with Crippen LogP contribution in [-0.4, -0.2) is 50.9 Å². The number of anilines is 1. The van der Waals surface area contributed by atoms with Crippen LogP contribution in [0.1, 0.15) is 48.8 Å². The lowest BCUT2D eigenvalue weighted by atomic mass is 9.94. The van der Waals surface area contributed by atoms with Gasteiger partial charge >= 0.3 is 0 Å². The number of rotatable bonds is 13. The zero-order chi connectivity index (χ0) is 35.0. The Bertz CT molecular complexity index is 1850. The van der Waals surface area contributed by atoms with E-state index in [9.17, 15) is 18.0 Å². The van der Waals surface area contributed by atoms with Crippen LogP contribution in [0, 0.1) is 6.92 Å². The molecule has 1 aliphatic carbocycles. The molecule has 1 saturated carbocycles. The molecule has 11 heteroatoms. The molecule has 4 aromatic rings. The number of nitrogens with zero attached hydrogens (tertiary/aromatic N) is 2.